The van der Waals surface area contributed by atoms with Gasteiger partial charge in [0.25, 0.3) is 5.91 Å². The minimum atomic E-state index is -0.0530. The number of nitrogens with one attached hydrogen (secondary N) is 2. The van der Waals surface area contributed by atoms with Crippen LogP contribution < -0.4 is 5.32 Å². The molecule has 0 aromatic carbocycles. The molecule has 2 unspecified atom stereocenters. The lowest BCUT2D eigenvalue weighted by Crippen LogP contribution is -2.38. The minimum Gasteiger partial charge on any atom is -0.356 e. The number of aromatic nitrogens is 3. The molecule has 1 aliphatic carbocycles. The molecule has 0 saturated heterocycles. The third-order valence-corrected chi connectivity index (χ3v) is 4.05. The molecule has 2 atom stereocenters. The molecule has 1 amide bonds. The van der Waals surface area contributed by atoms with E-state index in [9.17, 15) is 4.79 Å². The third kappa shape index (κ3) is 2.58. The molecule has 19 heavy (non-hydrogen) atoms. The molecule has 1 saturated carbocycles. The van der Waals surface area contributed by atoms with E-state index in [4.69, 9.17) is 0 Å². The number of amides is 1. The van der Waals surface area contributed by atoms with E-state index < -0.39 is 0 Å². The smallest absolute Gasteiger partial charge is 0.268 e. The second-order valence-electron chi connectivity index (χ2n) is 4.82. The van der Waals surface area contributed by atoms with Gasteiger partial charge in [0.2, 0.25) is 0 Å². The number of nitrogens with zero attached hydrogens (tertiary/aromatic N) is 2. The number of aromatic amines is 1. The topological polar surface area (TPSA) is 62.7 Å². The Bertz CT molecular complexity index is 563. The van der Waals surface area contributed by atoms with E-state index in [1.807, 2.05) is 12.5 Å². The lowest BCUT2D eigenvalue weighted by atomic mass is 10.1. The second kappa shape index (κ2) is 5.21. The van der Waals surface area contributed by atoms with Crippen LogP contribution in [-0.4, -0.2) is 26.5 Å². The number of rotatable bonds is 3. The van der Waals surface area contributed by atoms with Crippen molar-refractivity contribution in [1.29, 1.82) is 0 Å². The normalized spacial score (nSPS) is 22.6. The number of halogens is 1. The summed E-state index contributed by atoms with van der Waals surface area (Å²) in [6.07, 6.45) is 10.5. The number of imidazole rings is 1. The molecule has 0 radical (unpaired) electrons. The Morgan fingerprint density at radius 1 is 1.53 bits per heavy atom. The standard InChI is InChI=1S/C13H15BrN4O/c14-9-6-11(16-7-9)13(19)17-10-2-1-3-12(10)18-5-4-15-8-18/h4-8,10,12,16H,1-3H2,(H,17,19). The van der Waals surface area contributed by atoms with Crippen LogP contribution in [0.4, 0.5) is 0 Å². The fourth-order valence-electron chi connectivity index (χ4n) is 2.68. The highest BCUT2D eigenvalue weighted by Crippen LogP contribution is 2.30. The summed E-state index contributed by atoms with van der Waals surface area (Å²) in [4.78, 5) is 19.2. The quantitative estimate of drug-likeness (QED) is 0.912. The summed E-state index contributed by atoms with van der Waals surface area (Å²) in [6.45, 7) is 0. The first-order valence-electron chi connectivity index (χ1n) is 6.36. The molecule has 0 bridgehead atoms. The molecule has 2 heterocycles. The van der Waals surface area contributed by atoms with Crippen molar-refractivity contribution >= 4 is 21.8 Å². The summed E-state index contributed by atoms with van der Waals surface area (Å²) in [5.41, 5.74) is 0.586. The van der Waals surface area contributed by atoms with Crippen molar-refractivity contribution in [1.82, 2.24) is 19.9 Å². The largest absolute Gasteiger partial charge is 0.356 e. The molecule has 100 valence electrons. The van der Waals surface area contributed by atoms with Crippen molar-refractivity contribution in [2.24, 2.45) is 0 Å². The molecule has 6 heteroatoms. The van der Waals surface area contributed by atoms with Gasteiger partial charge < -0.3 is 14.9 Å². The van der Waals surface area contributed by atoms with Gasteiger partial charge in [-0.2, -0.15) is 0 Å². The van der Waals surface area contributed by atoms with Crippen molar-refractivity contribution in [3.05, 3.63) is 41.2 Å². The van der Waals surface area contributed by atoms with Crippen LogP contribution in [0.1, 0.15) is 35.8 Å². The van der Waals surface area contributed by atoms with E-state index in [1.54, 1.807) is 18.5 Å². The predicted molar refractivity (Wildman–Crippen MR) is 74.9 cm³/mol. The third-order valence-electron chi connectivity index (χ3n) is 3.60. The lowest BCUT2D eigenvalue weighted by Gasteiger charge is -2.21. The van der Waals surface area contributed by atoms with Gasteiger partial charge in [0.05, 0.1) is 12.4 Å². The maximum atomic E-state index is 12.1. The Kier molecular flexibility index (Phi) is 3.42. The zero-order valence-electron chi connectivity index (χ0n) is 10.3. The van der Waals surface area contributed by atoms with Gasteiger partial charge in [-0.25, -0.2) is 4.98 Å². The van der Waals surface area contributed by atoms with Gasteiger partial charge in [-0.3, -0.25) is 4.79 Å². The fourth-order valence-corrected chi connectivity index (χ4v) is 3.02. The average molecular weight is 323 g/mol. The Balaban J connectivity index is 1.70. The highest BCUT2D eigenvalue weighted by molar-refractivity contribution is 9.10. The highest BCUT2D eigenvalue weighted by Gasteiger charge is 2.30. The van der Waals surface area contributed by atoms with E-state index >= 15 is 0 Å². The molecule has 2 N–H and O–H groups in total. The number of carbonyl (C=O) groups is 1. The number of H-pyrrole nitrogens is 1. The lowest BCUT2D eigenvalue weighted by molar-refractivity contribution is 0.0924. The maximum absolute atomic E-state index is 12.1. The zero-order valence-corrected chi connectivity index (χ0v) is 11.9. The van der Waals surface area contributed by atoms with E-state index in [-0.39, 0.29) is 11.9 Å². The Morgan fingerprint density at radius 3 is 3.11 bits per heavy atom. The van der Waals surface area contributed by atoms with Crippen LogP contribution in [0.15, 0.2) is 35.5 Å². The first-order chi connectivity index (χ1) is 9.24. The first-order valence-corrected chi connectivity index (χ1v) is 7.15. The van der Waals surface area contributed by atoms with Crippen LogP contribution in [-0.2, 0) is 0 Å². The molecule has 5 nitrogen and oxygen atoms in total. The van der Waals surface area contributed by atoms with Crippen LogP contribution >= 0.6 is 15.9 Å². The van der Waals surface area contributed by atoms with Gasteiger partial charge in [0, 0.05) is 29.1 Å². The van der Waals surface area contributed by atoms with E-state index in [1.165, 1.54) is 0 Å². The Labute approximate surface area is 119 Å². The second-order valence-corrected chi connectivity index (χ2v) is 5.74. The van der Waals surface area contributed by atoms with Gasteiger partial charge in [0.1, 0.15) is 5.69 Å². The number of carbonyl (C=O) groups excluding carboxylic acids is 1. The van der Waals surface area contributed by atoms with Crippen LogP contribution in [0, 0.1) is 0 Å². The molecule has 1 aliphatic rings. The summed E-state index contributed by atoms with van der Waals surface area (Å²) in [7, 11) is 0. The van der Waals surface area contributed by atoms with Crippen LogP contribution in [0.3, 0.4) is 0 Å². The van der Waals surface area contributed by atoms with Crippen LogP contribution in [0.25, 0.3) is 0 Å². The fraction of sp³-hybridized carbons (Fsp3) is 0.385. The molecular weight excluding hydrogens is 308 g/mol. The molecule has 0 spiro atoms. The number of hydrogen-bond acceptors (Lipinski definition) is 2. The van der Waals surface area contributed by atoms with Gasteiger partial charge >= 0.3 is 0 Å². The van der Waals surface area contributed by atoms with Gasteiger partial charge in [0.15, 0.2) is 0 Å². The van der Waals surface area contributed by atoms with Gasteiger partial charge in [-0.15, -0.1) is 0 Å². The van der Waals surface area contributed by atoms with Crippen molar-refractivity contribution in [2.45, 2.75) is 31.3 Å². The predicted octanol–water partition coefficient (Wildman–Crippen LogP) is 2.50. The summed E-state index contributed by atoms with van der Waals surface area (Å²) >= 11 is 3.33. The minimum absolute atomic E-state index is 0.0530. The first kappa shape index (κ1) is 12.5. The molecule has 0 aliphatic heterocycles. The summed E-state index contributed by atoms with van der Waals surface area (Å²) in [5, 5.41) is 3.11. The zero-order chi connectivity index (χ0) is 13.2. The number of hydrogen-bond donors (Lipinski definition) is 2. The van der Waals surface area contributed by atoms with E-state index in [0.717, 1.165) is 23.7 Å². The SMILES string of the molecule is O=C(NC1CCCC1n1ccnc1)c1cc(Br)c[nH]1. The molecule has 1 fully saturated rings. The van der Waals surface area contributed by atoms with Gasteiger partial charge in [-0.1, -0.05) is 0 Å². The Hall–Kier alpha value is -1.56. The molecule has 2 aromatic rings. The van der Waals surface area contributed by atoms with Crippen molar-refractivity contribution in [3.63, 3.8) is 0 Å². The Morgan fingerprint density at radius 2 is 2.42 bits per heavy atom. The van der Waals surface area contributed by atoms with Crippen LogP contribution in [0.5, 0.6) is 0 Å². The van der Waals surface area contributed by atoms with Crippen LogP contribution in [0.2, 0.25) is 0 Å². The van der Waals surface area contributed by atoms with E-state index in [2.05, 4.69) is 35.8 Å². The summed E-state index contributed by atoms with van der Waals surface area (Å²) in [5.74, 6) is -0.0530. The molecular formula is C13H15BrN4O. The summed E-state index contributed by atoms with van der Waals surface area (Å²) in [6, 6.07) is 2.27. The van der Waals surface area contributed by atoms with Gasteiger partial charge in [-0.05, 0) is 41.3 Å². The molecule has 3 rings (SSSR count). The summed E-state index contributed by atoms with van der Waals surface area (Å²) < 4.78 is 2.97. The van der Waals surface area contributed by atoms with Crippen molar-refractivity contribution in [2.75, 3.05) is 0 Å². The maximum Gasteiger partial charge on any atom is 0.268 e. The van der Waals surface area contributed by atoms with Crippen molar-refractivity contribution in [3.8, 4) is 0 Å². The monoisotopic (exact) mass is 322 g/mol. The molecule has 2 aromatic heterocycles. The highest BCUT2D eigenvalue weighted by atomic mass is 79.9. The average Bonchev–Trinajstić information content (AvgIpc) is 3.07. The van der Waals surface area contributed by atoms with Crippen molar-refractivity contribution < 1.29 is 4.79 Å². The van der Waals surface area contributed by atoms with E-state index in [0.29, 0.717) is 11.7 Å².